The standard InChI is InChI=1S/C17H13F9O3/c1-2-28-13(27)11-6-14(7-18,8-19)29-12-4-3-9(5-10(11)12)15(20,21)16(22,23)17(24,25)26/h3-6H,2,7-8H2,1H3. The van der Waals surface area contributed by atoms with E-state index in [1.807, 2.05) is 0 Å². The minimum atomic E-state index is -6.57. The molecule has 0 aromatic heterocycles. The molecule has 0 spiro atoms. The molecule has 3 nitrogen and oxygen atoms in total. The van der Waals surface area contributed by atoms with Crippen molar-refractivity contribution in [2.75, 3.05) is 20.0 Å². The van der Waals surface area contributed by atoms with Crippen molar-refractivity contribution in [2.45, 2.75) is 30.5 Å². The van der Waals surface area contributed by atoms with Crippen LogP contribution in [0.5, 0.6) is 5.75 Å². The predicted molar refractivity (Wildman–Crippen MR) is 81.3 cm³/mol. The Morgan fingerprint density at radius 2 is 1.66 bits per heavy atom. The van der Waals surface area contributed by atoms with Gasteiger partial charge in [-0.05, 0) is 31.2 Å². The van der Waals surface area contributed by atoms with Crippen LogP contribution in [0.25, 0.3) is 5.57 Å². The Kier molecular flexibility index (Phi) is 5.88. The number of carbonyl (C=O) groups is 1. The molecule has 0 amide bonds. The maximum atomic E-state index is 14.0. The average molecular weight is 436 g/mol. The number of halogens is 9. The summed E-state index contributed by atoms with van der Waals surface area (Å²) in [5.74, 6) is -14.0. The molecule has 162 valence electrons. The molecular weight excluding hydrogens is 423 g/mol. The highest BCUT2D eigenvalue weighted by atomic mass is 19.4. The SMILES string of the molecule is CCOC(=O)C1=CC(CF)(CF)Oc2ccc(C(F)(F)C(F)(F)C(F)(F)F)cc21. The van der Waals surface area contributed by atoms with Crippen LogP contribution in [0.4, 0.5) is 39.5 Å². The molecular formula is C17H13F9O3. The Morgan fingerprint density at radius 1 is 1.07 bits per heavy atom. The first kappa shape index (κ1) is 22.9. The van der Waals surface area contributed by atoms with E-state index in [1.165, 1.54) is 6.92 Å². The summed E-state index contributed by atoms with van der Waals surface area (Å²) in [5, 5.41) is 0. The van der Waals surface area contributed by atoms with Crippen molar-refractivity contribution in [3.05, 3.63) is 35.4 Å². The van der Waals surface area contributed by atoms with Gasteiger partial charge in [0.05, 0.1) is 12.2 Å². The van der Waals surface area contributed by atoms with Crippen molar-refractivity contribution in [2.24, 2.45) is 0 Å². The molecule has 1 aliphatic rings. The second kappa shape index (κ2) is 7.45. The molecule has 0 saturated heterocycles. The molecule has 0 radical (unpaired) electrons. The number of hydrogen-bond acceptors (Lipinski definition) is 3. The van der Waals surface area contributed by atoms with Crippen LogP contribution in [0.15, 0.2) is 24.3 Å². The Bertz CT molecular complexity index is 811. The highest BCUT2D eigenvalue weighted by Crippen LogP contribution is 2.52. The summed E-state index contributed by atoms with van der Waals surface area (Å²) in [7, 11) is 0. The van der Waals surface area contributed by atoms with Crippen molar-refractivity contribution in [3.8, 4) is 5.75 Å². The van der Waals surface area contributed by atoms with E-state index in [4.69, 9.17) is 4.74 Å². The molecule has 1 heterocycles. The lowest BCUT2D eigenvalue weighted by molar-refractivity contribution is -0.359. The molecule has 0 saturated carbocycles. The Morgan fingerprint density at radius 3 is 2.14 bits per heavy atom. The van der Waals surface area contributed by atoms with Gasteiger partial charge in [0.25, 0.3) is 0 Å². The fraction of sp³-hybridized carbons (Fsp3) is 0.471. The predicted octanol–water partition coefficient (Wildman–Crippen LogP) is 4.99. The molecule has 29 heavy (non-hydrogen) atoms. The van der Waals surface area contributed by atoms with Gasteiger partial charge in [-0.3, -0.25) is 0 Å². The zero-order chi connectivity index (χ0) is 22.3. The molecule has 12 heteroatoms. The van der Waals surface area contributed by atoms with E-state index in [9.17, 15) is 44.3 Å². The third-order valence-electron chi connectivity index (χ3n) is 4.05. The quantitative estimate of drug-likeness (QED) is 0.466. The Balaban J connectivity index is 2.66. The van der Waals surface area contributed by atoms with Crippen LogP contribution < -0.4 is 4.74 Å². The van der Waals surface area contributed by atoms with E-state index in [0.717, 1.165) is 0 Å². The maximum Gasteiger partial charge on any atom is 0.460 e. The van der Waals surface area contributed by atoms with Gasteiger partial charge < -0.3 is 9.47 Å². The molecule has 0 atom stereocenters. The molecule has 0 fully saturated rings. The van der Waals surface area contributed by atoms with E-state index in [2.05, 4.69) is 4.74 Å². The number of rotatable bonds is 6. The van der Waals surface area contributed by atoms with Crippen molar-refractivity contribution < 1.29 is 53.8 Å². The van der Waals surface area contributed by atoms with Gasteiger partial charge in [0.2, 0.25) is 0 Å². The Hall–Kier alpha value is -2.40. The fourth-order valence-corrected chi connectivity index (χ4v) is 2.52. The fourth-order valence-electron chi connectivity index (χ4n) is 2.52. The van der Waals surface area contributed by atoms with E-state index in [0.29, 0.717) is 12.1 Å². The lowest BCUT2D eigenvalue weighted by Crippen LogP contribution is -2.50. The summed E-state index contributed by atoms with van der Waals surface area (Å²) in [4.78, 5) is 12.1. The lowest BCUT2D eigenvalue weighted by atomic mass is 9.90. The maximum absolute atomic E-state index is 14.0. The minimum absolute atomic E-state index is 0.165. The summed E-state index contributed by atoms with van der Waals surface area (Å²) in [6.07, 6.45) is -5.99. The van der Waals surface area contributed by atoms with E-state index in [-0.39, 0.29) is 18.7 Å². The smallest absolute Gasteiger partial charge is 0.460 e. The summed E-state index contributed by atoms with van der Waals surface area (Å²) >= 11 is 0. The second-order valence-electron chi connectivity index (χ2n) is 6.07. The first-order valence-corrected chi connectivity index (χ1v) is 7.94. The number of ether oxygens (including phenoxy) is 2. The number of hydrogen-bond donors (Lipinski definition) is 0. The van der Waals surface area contributed by atoms with Gasteiger partial charge >= 0.3 is 24.0 Å². The van der Waals surface area contributed by atoms with Crippen LogP contribution in [0.2, 0.25) is 0 Å². The van der Waals surface area contributed by atoms with Crippen LogP contribution in [0.3, 0.4) is 0 Å². The van der Waals surface area contributed by atoms with Crippen LogP contribution in [-0.4, -0.2) is 43.6 Å². The van der Waals surface area contributed by atoms with Crippen LogP contribution >= 0.6 is 0 Å². The topological polar surface area (TPSA) is 35.5 Å². The number of fused-ring (bicyclic) bond motifs is 1. The first-order valence-electron chi connectivity index (χ1n) is 7.94. The molecule has 2 rings (SSSR count). The summed E-state index contributed by atoms with van der Waals surface area (Å²) < 4.78 is 128. The van der Waals surface area contributed by atoms with Crippen molar-refractivity contribution in [3.63, 3.8) is 0 Å². The monoisotopic (exact) mass is 436 g/mol. The van der Waals surface area contributed by atoms with Crippen LogP contribution in [0.1, 0.15) is 18.1 Å². The van der Waals surface area contributed by atoms with Gasteiger partial charge in [0.15, 0.2) is 5.60 Å². The third-order valence-corrected chi connectivity index (χ3v) is 4.05. The van der Waals surface area contributed by atoms with Gasteiger partial charge in [0.1, 0.15) is 19.1 Å². The van der Waals surface area contributed by atoms with Crippen LogP contribution in [0, 0.1) is 0 Å². The minimum Gasteiger partial charge on any atom is -0.477 e. The van der Waals surface area contributed by atoms with Crippen molar-refractivity contribution in [1.29, 1.82) is 0 Å². The summed E-state index contributed by atoms with van der Waals surface area (Å²) in [6.45, 7) is -1.87. The van der Waals surface area contributed by atoms with Crippen molar-refractivity contribution >= 4 is 11.5 Å². The van der Waals surface area contributed by atoms with Crippen molar-refractivity contribution in [1.82, 2.24) is 0 Å². The van der Waals surface area contributed by atoms with Gasteiger partial charge in [-0.25, -0.2) is 13.6 Å². The van der Waals surface area contributed by atoms with Gasteiger partial charge in [-0.15, -0.1) is 0 Å². The van der Waals surface area contributed by atoms with E-state index in [1.54, 1.807) is 0 Å². The zero-order valence-corrected chi connectivity index (χ0v) is 14.6. The molecule has 1 aliphatic heterocycles. The van der Waals surface area contributed by atoms with Gasteiger partial charge in [-0.1, -0.05) is 0 Å². The highest BCUT2D eigenvalue weighted by molar-refractivity contribution is 6.18. The number of benzene rings is 1. The molecule has 1 aromatic rings. The van der Waals surface area contributed by atoms with Gasteiger partial charge in [-0.2, -0.15) is 30.7 Å². The largest absolute Gasteiger partial charge is 0.477 e. The number of esters is 1. The zero-order valence-electron chi connectivity index (χ0n) is 14.6. The second-order valence-corrected chi connectivity index (χ2v) is 6.07. The number of carbonyl (C=O) groups excluding carboxylic acids is 1. The third kappa shape index (κ3) is 3.76. The first-order chi connectivity index (χ1) is 13.3. The van der Waals surface area contributed by atoms with E-state index < -0.39 is 65.4 Å². The number of alkyl halides is 9. The van der Waals surface area contributed by atoms with E-state index >= 15 is 0 Å². The highest BCUT2D eigenvalue weighted by Gasteiger charge is 2.73. The molecule has 1 aromatic carbocycles. The molecule has 0 N–H and O–H groups in total. The van der Waals surface area contributed by atoms with Crippen LogP contribution in [-0.2, 0) is 15.5 Å². The Labute approximate surface area is 158 Å². The normalized spacial score (nSPS) is 16.6. The lowest BCUT2D eigenvalue weighted by Gasteiger charge is -2.33. The summed E-state index contributed by atoms with van der Waals surface area (Å²) in [5.41, 5.74) is -5.48. The molecule has 0 bridgehead atoms. The van der Waals surface area contributed by atoms with Gasteiger partial charge in [0, 0.05) is 11.1 Å². The molecule has 0 unspecified atom stereocenters. The average Bonchev–Trinajstić information content (AvgIpc) is 2.65. The summed E-state index contributed by atoms with van der Waals surface area (Å²) in [6, 6.07) is 0.878. The molecule has 0 aliphatic carbocycles.